The molecule has 0 spiro atoms. The first-order chi connectivity index (χ1) is 20.5. The fourth-order valence-electron chi connectivity index (χ4n) is 5.33. The van der Waals surface area contributed by atoms with Gasteiger partial charge in [-0.1, -0.05) is 12.1 Å². The van der Waals surface area contributed by atoms with E-state index in [0.717, 1.165) is 86.3 Å². The molecule has 2 fully saturated rings. The molecule has 2 aliphatic rings. The largest absolute Gasteiger partial charge is 0.479 e. The lowest BCUT2D eigenvalue weighted by molar-refractivity contribution is -0.165. The number of fused-ring (bicyclic) bond motifs is 1. The van der Waals surface area contributed by atoms with Crippen molar-refractivity contribution in [1.82, 2.24) is 20.4 Å². The van der Waals surface area contributed by atoms with E-state index in [9.17, 15) is 9.59 Å². The van der Waals surface area contributed by atoms with E-state index in [1.165, 1.54) is 0 Å². The number of benzene rings is 1. The maximum absolute atomic E-state index is 15.1. The molecular formula is C29H38FN5O8. The second-order valence-corrected chi connectivity index (χ2v) is 10.8. The zero-order chi connectivity index (χ0) is 31.3. The summed E-state index contributed by atoms with van der Waals surface area (Å²) in [5, 5.41) is 41.1. The molecule has 0 aliphatic carbocycles. The van der Waals surface area contributed by atoms with Gasteiger partial charge in [0.25, 0.3) is 5.89 Å². The van der Waals surface area contributed by atoms with E-state index in [2.05, 4.69) is 20.4 Å². The summed E-state index contributed by atoms with van der Waals surface area (Å²) in [5.41, 5.74) is 3.09. The Balaban J connectivity index is 0.000000365. The normalized spacial score (nSPS) is 17.8. The molecule has 1 aromatic carbocycles. The van der Waals surface area contributed by atoms with Crippen molar-refractivity contribution in [3.8, 4) is 11.5 Å². The number of nitrogens with one attached hydrogen (secondary N) is 1. The number of carboxylic acids is 2. The highest BCUT2D eigenvalue weighted by Crippen LogP contribution is 2.38. The lowest BCUT2D eigenvalue weighted by atomic mass is 9.98. The van der Waals surface area contributed by atoms with Crippen molar-refractivity contribution >= 4 is 28.7 Å². The SMILES string of the molecule is CCc1cc(F)c2nc(N3CCC(NC4CCOCC4)CC3)c(-c3nc(C)no3)c(C)c2c1.O=C(O)[C@H](O)[C@@H](O)C(=O)O. The first-order valence-corrected chi connectivity index (χ1v) is 14.3. The van der Waals surface area contributed by atoms with E-state index in [1.807, 2.05) is 19.9 Å². The second-order valence-electron chi connectivity index (χ2n) is 10.8. The molecule has 43 heavy (non-hydrogen) atoms. The van der Waals surface area contributed by atoms with E-state index in [-0.39, 0.29) is 5.82 Å². The highest BCUT2D eigenvalue weighted by atomic mass is 19.1. The summed E-state index contributed by atoms with van der Waals surface area (Å²) in [6, 6.07) is 4.64. The lowest BCUT2D eigenvalue weighted by Crippen LogP contribution is -2.48. The number of rotatable bonds is 8. The number of pyridine rings is 1. The van der Waals surface area contributed by atoms with Gasteiger partial charge >= 0.3 is 11.9 Å². The monoisotopic (exact) mass is 603 g/mol. The number of nitrogens with zero attached hydrogens (tertiary/aromatic N) is 4. The van der Waals surface area contributed by atoms with Gasteiger partial charge in [-0.25, -0.2) is 19.0 Å². The summed E-state index contributed by atoms with van der Waals surface area (Å²) in [5.74, 6) is -2.07. The van der Waals surface area contributed by atoms with Crippen LogP contribution in [0.1, 0.15) is 49.6 Å². The summed E-state index contributed by atoms with van der Waals surface area (Å²) < 4.78 is 26.1. The third-order valence-corrected chi connectivity index (χ3v) is 7.79. The number of aliphatic hydroxyl groups is 2. The minimum Gasteiger partial charge on any atom is -0.479 e. The summed E-state index contributed by atoms with van der Waals surface area (Å²) in [6.07, 6.45) is 0.397. The Morgan fingerprint density at radius 3 is 2.16 bits per heavy atom. The highest BCUT2D eigenvalue weighted by molar-refractivity contribution is 5.93. The molecule has 0 bridgehead atoms. The van der Waals surface area contributed by atoms with E-state index >= 15 is 4.39 Å². The Kier molecular flexibility index (Phi) is 10.6. The molecule has 2 atom stereocenters. The third kappa shape index (κ3) is 7.63. The Bertz CT molecular complexity index is 1420. The molecular weight excluding hydrogens is 565 g/mol. The molecule has 2 saturated heterocycles. The first kappa shape index (κ1) is 32.2. The number of carboxylic acid groups (broad SMARTS) is 2. The standard InChI is InChI=1S/C25H32FN5O2.C4H6O6/c1-4-17-13-20-15(2)22(25-27-16(3)30-33-25)24(29-23(20)21(26)14-17)31-9-5-18(6-10-31)28-19-7-11-32-12-8-19;5-1(3(7)8)2(6)4(9)10/h13-14,18-19,28H,4-12H2,1-3H3;1-2,5-6H,(H,7,8)(H,9,10)/t;1-,2-/m.1/s1. The predicted molar refractivity (Wildman–Crippen MR) is 153 cm³/mol. The summed E-state index contributed by atoms with van der Waals surface area (Å²) in [6.45, 7) is 9.20. The van der Waals surface area contributed by atoms with Crippen molar-refractivity contribution < 1.29 is 43.7 Å². The van der Waals surface area contributed by atoms with Gasteiger partial charge in [0.1, 0.15) is 17.2 Å². The molecule has 5 N–H and O–H groups in total. The lowest BCUT2D eigenvalue weighted by Gasteiger charge is -2.37. The first-order valence-electron chi connectivity index (χ1n) is 14.3. The Labute approximate surface area is 247 Å². The maximum Gasteiger partial charge on any atom is 0.335 e. The maximum atomic E-state index is 15.1. The molecule has 0 radical (unpaired) electrons. The minimum absolute atomic E-state index is 0.280. The van der Waals surface area contributed by atoms with Crippen LogP contribution in [0.5, 0.6) is 0 Å². The van der Waals surface area contributed by atoms with Gasteiger partial charge < -0.3 is 39.9 Å². The van der Waals surface area contributed by atoms with Gasteiger partial charge in [0, 0.05) is 43.8 Å². The number of ether oxygens (including phenoxy) is 1. The van der Waals surface area contributed by atoms with Crippen molar-refractivity contribution in [2.24, 2.45) is 0 Å². The molecule has 2 aliphatic heterocycles. The van der Waals surface area contributed by atoms with Crippen LogP contribution in [-0.4, -0.2) is 98.1 Å². The number of aliphatic hydroxyl groups excluding tert-OH is 2. The number of anilines is 1. The molecule has 3 aromatic rings. The van der Waals surface area contributed by atoms with Gasteiger partial charge in [0.15, 0.2) is 18.0 Å². The van der Waals surface area contributed by atoms with Gasteiger partial charge in [0.2, 0.25) is 0 Å². The number of hydrogen-bond donors (Lipinski definition) is 5. The van der Waals surface area contributed by atoms with Crippen LogP contribution in [0, 0.1) is 19.7 Å². The molecule has 2 aromatic heterocycles. The fraction of sp³-hybridized carbons (Fsp3) is 0.552. The van der Waals surface area contributed by atoms with Crippen molar-refractivity contribution in [2.75, 3.05) is 31.2 Å². The summed E-state index contributed by atoms with van der Waals surface area (Å²) in [7, 11) is 0. The molecule has 14 heteroatoms. The van der Waals surface area contributed by atoms with Crippen LogP contribution in [-0.2, 0) is 20.7 Å². The number of hydrogen-bond acceptors (Lipinski definition) is 11. The van der Waals surface area contributed by atoms with Crippen LogP contribution in [0.3, 0.4) is 0 Å². The Morgan fingerprint density at radius 1 is 1.02 bits per heavy atom. The van der Waals surface area contributed by atoms with Gasteiger partial charge in [-0.15, -0.1) is 0 Å². The van der Waals surface area contributed by atoms with E-state index in [1.54, 1.807) is 13.0 Å². The number of carbonyl (C=O) groups is 2. The number of aliphatic carboxylic acids is 2. The minimum atomic E-state index is -2.27. The highest BCUT2D eigenvalue weighted by Gasteiger charge is 2.30. The van der Waals surface area contributed by atoms with Crippen LogP contribution in [0.25, 0.3) is 22.4 Å². The summed E-state index contributed by atoms with van der Waals surface area (Å²) in [4.78, 5) is 31.1. The predicted octanol–water partition coefficient (Wildman–Crippen LogP) is 2.22. The second kappa shape index (κ2) is 14.2. The van der Waals surface area contributed by atoms with Crippen LogP contribution in [0.2, 0.25) is 0 Å². The van der Waals surface area contributed by atoms with Crippen LogP contribution >= 0.6 is 0 Å². The molecule has 0 unspecified atom stereocenters. The van der Waals surface area contributed by atoms with E-state index in [4.69, 9.17) is 34.7 Å². The molecule has 234 valence electrons. The smallest absolute Gasteiger partial charge is 0.335 e. The van der Waals surface area contributed by atoms with Gasteiger partial charge in [0.05, 0.1) is 5.56 Å². The average molecular weight is 604 g/mol. The fourth-order valence-corrected chi connectivity index (χ4v) is 5.33. The van der Waals surface area contributed by atoms with E-state index in [0.29, 0.717) is 29.3 Å². The topological polar surface area (TPSA) is 191 Å². The Morgan fingerprint density at radius 2 is 1.63 bits per heavy atom. The van der Waals surface area contributed by atoms with Crippen molar-refractivity contribution in [3.05, 3.63) is 34.9 Å². The molecule has 13 nitrogen and oxygen atoms in total. The average Bonchev–Trinajstić information content (AvgIpc) is 3.43. The molecule has 0 saturated carbocycles. The zero-order valence-electron chi connectivity index (χ0n) is 24.4. The van der Waals surface area contributed by atoms with Gasteiger partial charge in [-0.2, -0.15) is 4.98 Å². The van der Waals surface area contributed by atoms with Crippen LogP contribution in [0.15, 0.2) is 16.7 Å². The van der Waals surface area contributed by atoms with Crippen LogP contribution < -0.4 is 10.2 Å². The quantitative estimate of drug-likeness (QED) is 0.252. The molecule has 0 amide bonds. The van der Waals surface area contributed by atoms with Crippen LogP contribution in [0.4, 0.5) is 10.2 Å². The van der Waals surface area contributed by atoms with Crippen molar-refractivity contribution in [2.45, 2.75) is 77.2 Å². The zero-order valence-corrected chi connectivity index (χ0v) is 24.4. The number of piperidine rings is 1. The van der Waals surface area contributed by atoms with Crippen molar-refractivity contribution in [1.29, 1.82) is 0 Å². The number of halogens is 1. The van der Waals surface area contributed by atoms with E-state index < -0.39 is 24.1 Å². The van der Waals surface area contributed by atoms with Crippen molar-refractivity contribution in [3.63, 3.8) is 0 Å². The number of aromatic nitrogens is 3. The molecule has 4 heterocycles. The number of aryl methyl sites for hydroxylation is 3. The third-order valence-electron chi connectivity index (χ3n) is 7.79. The van der Waals surface area contributed by atoms with Gasteiger partial charge in [-0.05, 0) is 69.2 Å². The van der Waals surface area contributed by atoms with Gasteiger partial charge in [-0.3, -0.25) is 0 Å². The molecule has 5 rings (SSSR count). The summed E-state index contributed by atoms with van der Waals surface area (Å²) >= 11 is 0. The Hall–Kier alpha value is -3.72.